The van der Waals surface area contributed by atoms with E-state index in [1.807, 2.05) is 45.0 Å². The molecule has 3 aromatic rings. The summed E-state index contributed by atoms with van der Waals surface area (Å²) in [5.41, 5.74) is 2.91. The Morgan fingerprint density at radius 2 is 1.68 bits per heavy atom. The standard InChI is InChI=1S/C24H25ClN2O3S/c1-17(2)22-9-4-5-10-23(22)26-24(28)16-27(20-8-6-7-19(25)15-20)31(29,30)21-13-11-18(3)12-14-21/h4-15,17H,16H2,1-3H3,(H,26,28). The number of nitrogens with zero attached hydrogens (tertiary/aromatic N) is 1. The summed E-state index contributed by atoms with van der Waals surface area (Å²) in [6.07, 6.45) is 0. The highest BCUT2D eigenvalue weighted by Crippen LogP contribution is 2.27. The van der Waals surface area contributed by atoms with Crippen LogP contribution in [-0.2, 0) is 14.8 Å². The van der Waals surface area contributed by atoms with Crippen LogP contribution >= 0.6 is 11.6 Å². The van der Waals surface area contributed by atoms with Crippen LogP contribution in [0.25, 0.3) is 0 Å². The molecule has 5 nitrogen and oxygen atoms in total. The van der Waals surface area contributed by atoms with Crippen LogP contribution in [-0.4, -0.2) is 20.9 Å². The van der Waals surface area contributed by atoms with Gasteiger partial charge in [0.25, 0.3) is 10.0 Å². The van der Waals surface area contributed by atoms with Gasteiger partial charge in [0.2, 0.25) is 5.91 Å². The lowest BCUT2D eigenvalue weighted by Gasteiger charge is -2.25. The molecule has 0 aliphatic rings. The summed E-state index contributed by atoms with van der Waals surface area (Å²) in [5.74, 6) is -0.236. The van der Waals surface area contributed by atoms with Crippen molar-refractivity contribution in [3.8, 4) is 0 Å². The van der Waals surface area contributed by atoms with Crippen molar-refractivity contribution >= 4 is 38.9 Å². The van der Waals surface area contributed by atoms with E-state index < -0.39 is 15.9 Å². The van der Waals surface area contributed by atoms with Crippen LogP contribution in [0.2, 0.25) is 5.02 Å². The van der Waals surface area contributed by atoms with Gasteiger partial charge in [-0.1, -0.05) is 67.4 Å². The Labute approximate surface area is 188 Å². The molecule has 162 valence electrons. The van der Waals surface area contributed by atoms with E-state index in [0.717, 1.165) is 15.4 Å². The molecule has 0 saturated carbocycles. The van der Waals surface area contributed by atoms with Gasteiger partial charge in [0.05, 0.1) is 10.6 Å². The third-order valence-electron chi connectivity index (χ3n) is 4.85. The number of anilines is 2. The van der Waals surface area contributed by atoms with Gasteiger partial charge in [-0.3, -0.25) is 9.10 Å². The van der Waals surface area contributed by atoms with Crippen molar-refractivity contribution < 1.29 is 13.2 Å². The van der Waals surface area contributed by atoms with Crippen LogP contribution in [0.4, 0.5) is 11.4 Å². The number of carbonyl (C=O) groups excluding carboxylic acids is 1. The first-order chi connectivity index (χ1) is 14.7. The fraction of sp³-hybridized carbons (Fsp3) is 0.208. The lowest BCUT2D eigenvalue weighted by atomic mass is 10.0. The average Bonchev–Trinajstić information content (AvgIpc) is 2.72. The minimum atomic E-state index is -3.99. The maximum atomic E-state index is 13.4. The first kappa shape index (κ1) is 22.8. The molecule has 31 heavy (non-hydrogen) atoms. The second-order valence-electron chi connectivity index (χ2n) is 7.59. The predicted molar refractivity (Wildman–Crippen MR) is 126 cm³/mol. The number of para-hydroxylation sites is 1. The van der Waals surface area contributed by atoms with Gasteiger partial charge in [-0.2, -0.15) is 0 Å². The third kappa shape index (κ3) is 5.46. The molecular weight excluding hydrogens is 432 g/mol. The molecule has 0 atom stereocenters. The van der Waals surface area contributed by atoms with E-state index in [9.17, 15) is 13.2 Å². The van der Waals surface area contributed by atoms with Crippen molar-refractivity contribution in [2.45, 2.75) is 31.6 Å². The van der Waals surface area contributed by atoms with Crippen LogP contribution in [0.3, 0.4) is 0 Å². The first-order valence-electron chi connectivity index (χ1n) is 9.92. The van der Waals surface area contributed by atoms with E-state index in [1.165, 1.54) is 18.2 Å². The molecule has 3 rings (SSSR count). The van der Waals surface area contributed by atoms with Crippen molar-refractivity contribution in [3.05, 3.63) is 88.9 Å². The van der Waals surface area contributed by atoms with Crippen LogP contribution in [0.1, 0.15) is 30.9 Å². The topological polar surface area (TPSA) is 66.5 Å². The number of rotatable bonds is 7. The number of carbonyl (C=O) groups is 1. The lowest BCUT2D eigenvalue weighted by Crippen LogP contribution is -2.38. The molecule has 0 aromatic heterocycles. The second-order valence-corrected chi connectivity index (χ2v) is 9.89. The zero-order chi connectivity index (χ0) is 22.6. The molecule has 0 heterocycles. The van der Waals surface area contributed by atoms with Crippen molar-refractivity contribution in [3.63, 3.8) is 0 Å². The SMILES string of the molecule is Cc1ccc(S(=O)(=O)N(CC(=O)Nc2ccccc2C(C)C)c2cccc(Cl)c2)cc1. The van der Waals surface area contributed by atoms with Crippen LogP contribution in [0.5, 0.6) is 0 Å². The van der Waals surface area contributed by atoms with Gasteiger partial charge in [-0.25, -0.2) is 8.42 Å². The third-order valence-corrected chi connectivity index (χ3v) is 6.87. The van der Waals surface area contributed by atoms with E-state index in [1.54, 1.807) is 30.3 Å². The predicted octanol–water partition coefficient (Wildman–Crippen LogP) is 5.61. The highest BCUT2D eigenvalue weighted by atomic mass is 35.5. The number of hydrogen-bond acceptors (Lipinski definition) is 3. The summed E-state index contributed by atoms with van der Waals surface area (Å²) < 4.78 is 27.9. The molecule has 3 aromatic carbocycles. The van der Waals surface area contributed by atoms with Crippen molar-refractivity contribution in [1.82, 2.24) is 0 Å². The van der Waals surface area contributed by atoms with Crippen molar-refractivity contribution in [2.75, 3.05) is 16.2 Å². The average molecular weight is 457 g/mol. The number of halogens is 1. The van der Waals surface area contributed by atoms with Gasteiger partial charge >= 0.3 is 0 Å². The second kappa shape index (κ2) is 9.54. The number of aryl methyl sites for hydroxylation is 1. The number of amides is 1. The van der Waals surface area contributed by atoms with Gasteiger partial charge in [0, 0.05) is 10.7 Å². The lowest BCUT2D eigenvalue weighted by molar-refractivity contribution is -0.114. The molecule has 0 radical (unpaired) electrons. The van der Waals surface area contributed by atoms with E-state index in [2.05, 4.69) is 5.32 Å². The Morgan fingerprint density at radius 3 is 2.32 bits per heavy atom. The molecule has 0 unspecified atom stereocenters. The van der Waals surface area contributed by atoms with Crippen molar-refractivity contribution in [2.24, 2.45) is 0 Å². The number of sulfonamides is 1. The number of nitrogens with one attached hydrogen (secondary N) is 1. The number of benzene rings is 3. The molecule has 0 bridgehead atoms. The van der Waals surface area contributed by atoms with Gasteiger partial charge in [0.1, 0.15) is 6.54 Å². The van der Waals surface area contributed by atoms with E-state index in [4.69, 9.17) is 11.6 Å². The smallest absolute Gasteiger partial charge is 0.264 e. The summed E-state index contributed by atoms with van der Waals surface area (Å²) in [5, 5.41) is 3.24. The minimum absolute atomic E-state index is 0.105. The van der Waals surface area contributed by atoms with Crippen LogP contribution in [0.15, 0.2) is 77.7 Å². The van der Waals surface area contributed by atoms with E-state index in [-0.39, 0.29) is 17.4 Å². The molecule has 0 aliphatic heterocycles. The maximum Gasteiger partial charge on any atom is 0.264 e. The Hall–Kier alpha value is -2.83. The summed E-state index contributed by atoms with van der Waals surface area (Å²) in [4.78, 5) is 13.0. The van der Waals surface area contributed by atoms with Crippen molar-refractivity contribution in [1.29, 1.82) is 0 Å². The van der Waals surface area contributed by atoms with E-state index >= 15 is 0 Å². The molecule has 7 heteroatoms. The summed E-state index contributed by atoms with van der Waals surface area (Å²) in [6.45, 7) is 5.56. The fourth-order valence-electron chi connectivity index (χ4n) is 3.22. The quantitative estimate of drug-likeness (QED) is 0.502. The molecular formula is C24H25ClN2O3S. The molecule has 1 N–H and O–H groups in total. The van der Waals surface area contributed by atoms with Gasteiger partial charge in [-0.05, 0) is 54.8 Å². The molecule has 0 fully saturated rings. The highest BCUT2D eigenvalue weighted by Gasteiger charge is 2.27. The normalized spacial score (nSPS) is 11.4. The summed E-state index contributed by atoms with van der Waals surface area (Å²) in [6, 6.07) is 20.5. The van der Waals surface area contributed by atoms with E-state index in [0.29, 0.717) is 16.4 Å². The van der Waals surface area contributed by atoms with Crippen LogP contribution in [0, 0.1) is 6.92 Å². The fourth-order valence-corrected chi connectivity index (χ4v) is 4.82. The molecule has 0 saturated heterocycles. The Kier molecular flexibility index (Phi) is 7.03. The van der Waals surface area contributed by atoms with Gasteiger partial charge in [-0.15, -0.1) is 0 Å². The summed E-state index contributed by atoms with van der Waals surface area (Å²) >= 11 is 6.11. The van der Waals surface area contributed by atoms with Crippen LogP contribution < -0.4 is 9.62 Å². The van der Waals surface area contributed by atoms with Gasteiger partial charge in [0.15, 0.2) is 0 Å². The minimum Gasteiger partial charge on any atom is -0.324 e. The molecule has 1 amide bonds. The zero-order valence-corrected chi connectivity index (χ0v) is 19.2. The first-order valence-corrected chi connectivity index (χ1v) is 11.7. The Bertz CT molecular complexity index is 1180. The monoisotopic (exact) mass is 456 g/mol. The molecule has 0 spiro atoms. The molecule has 0 aliphatic carbocycles. The Balaban J connectivity index is 1.96. The largest absolute Gasteiger partial charge is 0.324 e. The van der Waals surface area contributed by atoms with Gasteiger partial charge < -0.3 is 5.32 Å². The zero-order valence-electron chi connectivity index (χ0n) is 17.7. The highest BCUT2D eigenvalue weighted by molar-refractivity contribution is 7.92. The Morgan fingerprint density at radius 1 is 1.00 bits per heavy atom. The summed E-state index contributed by atoms with van der Waals surface area (Å²) in [7, 11) is -3.99. The maximum absolute atomic E-state index is 13.4. The number of hydrogen-bond donors (Lipinski definition) is 1.